The third kappa shape index (κ3) is 2.71. The number of ether oxygens (including phenoxy) is 1. The number of carbonyl (C=O) groups is 2. The Morgan fingerprint density at radius 1 is 1.04 bits per heavy atom. The van der Waals surface area contributed by atoms with E-state index in [9.17, 15) is 19.7 Å². The number of benzene rings is 2. The van der Waals surface area contributed by atoms with Crippen LogP contribution in [0.5, 0.6) is 11.5 Å². The molecule has 3 rings (SSSR count). The minimum Gasteiger partial charge on any atom is -0.457 e. The molecule has 0 aliphatic carbocycles. The standard InChI is InChI=1S/C17H14N2O5/c1-2-8-18-16(20)14-7-6-13(10-15(14)17(18)21)24-12-5-3-4-11(9-12)19(22)23/h3-7,9-10H,2,8H2,1H3. The number of hydrogen-bond acceptors (Lipinski definition) is 5. The first kappa shape index (κ1) is 15.7. The maximum absolute atomic E-state index is 12.3. The van der Waals surface area contributed by atoms with E-state index in [0.29, 0.717) is 24.3 Å². The molecule has 0 fully saturated rings. The predicted octanol–water partition coefficient (Wildman–Crippen LogP) is 3.39. The van der Waals surface area contributed by atoms with Gasteiger partial charge in [0.1, 0.15) is 11.5 Å². The summed E-state index contributed by atoms with van der Waals surface area (Å²) in [5.41, 5.74) is 0.547. The number of rotatable bonds is 5. The van der Waals surface area contributed by atoms with Gasteiger partial charge in [-0.05, 0) is 30.7 Å². The molecule has 0 aromatic heterocycles. The van der Waals surface area contributed by atoms with Crippen molar-refractivity contribution in [2.24, 2.45) is 0 Å². The molecule has 0 radical (unpaired) electrons. The fourth-order valence-corrected chi connectivity index (χ4v) is 2.56. The summed E-state index contributed by atoms with van der Waals surface area (Å²) >= 11 is 0. The van der Waals surface area contributed by atoms with Crippen LogP contribution in [0.15, 0.2) is 42.5 Å². The topological polar surface area (TPSA) is 89.8 Å². The molecule has 24 heavy (non-hydrogen) atoms. The highest BCUT2D eigenvalue weighted by Crippen LogP contribution is 2.30. The maximum Gasteiger partial charge on any atom is 0.273 e. The molecule has 122 valence electrons. The van der Waals surface area contributed by atoms with Crippen molar-refractivity contribution in [3.05, 3.63) is 63.7 Å². The van der Waals surface area contributed by atoms with E-state index in [1.54, 1.807) is 12.1 Å². The van der Waals surface area contributed by atoms with Crippen LogP contribution in [0.4, 0.5) is 5.69 Å². The van der Waals surface area contributed by atoms with Gasteiger partial charge in [0.2, 0.25) is 0 Å². The molecule has 0 saturated heterocycles. The Morgan fingerprint density at radius 3 is 2.46 bits per heavy atom. The van der Waals surface area contributed by atoms with Crippen LogP contribution in [0.3, 0.4) is 0 Å². The van der Waals surface area contributed by atoms with E-state index in [2.05, 4.69) is 0 Å². The van der Waals surface area contributed by atoms with Crippen LogP contribution in [-0.4, -0.2) is 28.2 Å². The summed E-state index contributed by atoms with van der Waals surface area (Å²) in [7, 11) is 0. The van der Waals surface area contributed by atoms with Crippen LogP contribution < -0.4 is 4.74 Å². The molecule has 2 aromatic carbocycles. The highest BCUT2D eigenvalue weighted by Gasteiger charge is 2.35. The lowest BCUT2D eigenvalue weighted by Crippen LogP contribution is -2.30. The van der Waals surface area contributed by atoms with Gasteiger partial charge in [-0.2, -0.15) is 0 Å². The molecule has 2 amide bonds. The summed E-state index contributed by atoms with van der Waals surface area (Å²) in [6.45, 7) is 2.26. The quantitative estimate of drug-likeness (QED) is 0.477. The monoisotopic (exact) mass is 326 g/mol. The summed E-state index contributed by atoms with van der Waals surface area (Å²) < 4.78 is 5.59. The molecule has 0 atom stereocenters. The Hall–Kier alpha value is -3.22. The molecule has 1 aliphatic heterocycles. The summed E-state index contributed by atoms with van der Waals surface area (Å²) in [6.07, 6.45) is 0.683. The van der Waals surface area contributed by atoms with Gasteiger partial charge in [-0.1, -0.05) is 13.0 Å². The van der Waals surface area contributed by atoms with Crippen molar-refractivity contribution in [1.29, 1.82) is 0 Å². The van der Waals surface area contributed by atoms with E-state index in [0.717, 1.165) is 0 Å². The van der Waals surface area contributed by atoms with Gasteiger partial charge < -0.3 is 4.74 Å². The van der Waals surface area contributed by atoms with Crippen LogP contribution in [0.1, 0.15) is 34.1 Å². The normalized spacial score (nSPS) is 13.1. The first-order chi connectivity index (χ1) is 11.5. The molecule has 1 heterocycles. The number of fused-ring (bicyclic) bond motifs is 1. The Kier molecular flexibility index (Phi) is 3.99. The minimum absolute atomic E-state index is 0.0889. The highest BCUT2D eigenvalue weighted by molar-refractivity contribution is 6.21. The van der Waals surface area contributed by atoms with Crippen molar-refractivity contribution < 1.29 is 19.2 Å². The average Bonchev–Trinajstić information content (AvgIpc) is 2.80. The fraction of sp³-hybridized carbons (Fsp3) is 0.176. The Bertz CT molecular complexity index is 847. The Balaban J connectivity index is 1.88. The van der Waals surface area contributed by atoms with E-state index in [1.807, 2.05) is 6.92 Å². The lowest BCUT2D eigenvalue weighted by molar-refractivity contribution is -0.384. The molecule has 0 unspecified atom stereocenters. The highest BCUT2D eigenvalue weighted by atomic mass is 16.6. The predicted molar refractivity (Wildman–Crippen MR) is 85.3 cm³/mol. The Labute approximate surface area is 137 Å². The molecule has 0 bridgehead atoms. The molecular weight excluding hydrogens is 312 g/mol. The molecule has 0 spiro atoms. The smallest absolute Gasteiger partial charge is 0.273 e. The van der Waals surface area contributed by atoms with Crippen molar-refractivity contribution in [1.82, 2.24) is 4.90 Å². The summed E-state index contributed by atoms with van der Waals surface area (Å²) in [5.74, 6) is -0.0276. The molecule has 1 aliphatic rings. The van der Waals surface area contributed by atoms with Crippen molar-refractivity contribution in [3.63, 3.8) is 0 Å². The second kappa shape index (κ2) is 6.11. The first-order valence-corrected chi connectivity index (χ1v) is 7.44. The molecule has 7 nitrogen and oxygen atoms in total. The number of nitrogens with zero attached hydrogens (tertiary/aromatic N) is 2. The molecule has 0 N–H and O–H groups in total. The number of carbonyl (C=O) groups excluding carboxylic acids is 2. The second-order valence-electron chi connectivity index (χ2n) is 5.33. The zero-order valence-electron chi connectivity index (χ0n) is 12.9. The van der Waals surface area contributed by atoms with Crippen LogP contribution >= 0.6 is 0 Å². The SMILES string of the molecule is CCCN1C(=O)c2ccc(Oc3cccc([N+](=O)[O-])c3)cc2C1=O. The van der Waals surface area contributed by atoms with E-state index < -0.39 is 4.92 Å². The minimum atomic E-state index is -0.514. The van der Waals surface area contributed by atoms with Gasteiger partial charge in [0.25, 0.3) is 17.5 Å². The number of imide groups is 1. The summed E-state index contributed by atoms with van der Waals surface area (Å²) in [4.78, 5) is 36.0. The van der Waals surface area contributed by atoms with Gasteiger partial charge in [0.05, 0.1) is 22.1 Å². The van der Waals surface area contributed by atoms with Gasteiger partial charge in [0, 0.05) is 12.6 Å². The number of amides is 2. The molecule has 0 saturated carbocycles. The number of non-ortho nitro benzene ring substituents is 1. The van der Waals surface area contributed by atoms with E-state index >= 15 is 0 Å². The lowest BCUT2D eigenvalue weighted by atomic mass is 10.1. The van der Waals surface area contributed by atoms with Crippen LogP contribution in [0.2, 0.25) is 0 Å². The van der Waals surface area contributed by atoms with Crippen molar-refractivity contribution in [2.45, 2.75) is 13.3 Å². The van der Waals surface area contributed by atoms with Crippen molar-refractivity contribution in [2.75, 3.05) is 6.54 Å². The van der Waals surface area contributed by atoms with Crippen LogP contribution in [0, 0.1) is 10.1 Å². The van der Waals surface area contributed by atoms with E-state index in [4.69, 9.17) is 4.74 Å². The average molecular weight is 326 g/mol. The number of nitro benzene ring substituents is 1. The van der Waals surface area contributed by atoms with Crippen molar-refractivity contribution in [3.8, 4) is 11.5 Å². The zero-order chi connectivity index (χ0) is 17.3. The van der Waals surface area contributed by atoms with Gasteiger partial charge in [-0.25, -0.2) is 0 Å². The largest absolute Gasteiger partial charge is 0.457 e. The van der Waals surface area contributed by atoms with Crippen molar-refractivity contribution >= 4 is 17.5 Å². The van der Waals surface area contributed by atoms with Gasteiger partial charge in [-0.15, -0.1) is 0 Å². The van der Waals surface area contributed by atoms with Gasteiger partial charge in [-0.3, -0.25) is 24.6 Å². The third-order valence-electron chi connectivity index (χ3n) is 3.65. The molecule has 7 heteroatoms. The van der Waals surface area contributed by atoms with Crippen LogP contribution in [0.25, 0.3) is 0 Å². The first-order valence-electron chi connectivity index (χ1n) is 7.44. The summed E-state index contributed by atoms with van der Waals surface area (Å²) in [5, 5.41) is 10.8. The lowest BCUT2D eigenvalue weighted by Gasteiger charge is -2.11. The van der Waals surface area contributed by atoms with Gasteiger partial charge >= 0.3 is 0 Å². The van der Waals surface area contributed by atoms with Gasteiger partial charge in [0.15, 0.2) is 0 Å². The number of hydrogen-bond donors (Lipinski definition) is 0. The maximum atomic E-state index is 12.3. The Morgan fingerprint density at radius 2 is 1.75 bits per heavy atom. The van der Waals surface area contributed by atoms with Crippen LogP contribution in [-0.2, 0) is 0 Å². The number of nitro groups is 1. The van der Waals surface area contributed by atoms with E-state index in [-0.39, 0.29) is 28.8 Å². The van der Waals surface area contributed by atoms with E-state index in [1.165, 1.54) is 35.2 Å². The molecular formula is C17H14N2O5. The second-order valence-corrected chi connectivity index (χ2v) is 5.33. The fourth-order valence-electron chi connectivity index (χ4n) is 2.56. The summed E-state index contributed by atoms with van der Waals surface area (Å²) in [6, 6.07) is 10.3. The third-order valence-corrected chi connectivity index (χ3v) is 3.65. The zero-order valence-corrected chi connectivity index (χ0v) is 12.9. The molecule has 2 aromatic rings.